The number of nitrogens with one attached hydrogen (secondary N) is 1. The van der Waals surface area contributed by atoms with E-state index in [-0.39, 0.29) is 28.6 Å². The van der Waals surface area contributed by atoms with Crippen LogP contribution in [-0.4, -0.2) is 45.8 Å². The summed E-state index contributed by atoms with van der Waals surface area (Å²) in [6.45, 7) is 6.97. The molecule has 0 aromatic heterocycles. The topological polar surface area (TPSA) is 49.4 Å². The van der Waals surface area contributed by atoms with Gasteiger partial charge in [0.05, 0.1) is 0 Å². The molecule has 0 aromatic carbocycles. The third kappa shape index (κ3) is 3.13. The van der Waals surface area contributed by atoms with Crippen LogP contribution in [0, 0.1) is 0 Å². The van der Waals surface area contributed by atoms with Crippen LogP contribution >= 0.6 is 11.8 Å². The largest absolute Gasteiger partial charge is 0.343 e. The first-order valence-corrected chi connectivity index (χ1v) is 8.74. The highest BCUT2D eigenvalue weighted by atomic mass is 32.2. The van der Waals surface area contributed by atoms with E-state index < -0.39 is 0 Å². The van der Waals surface area contributed by atoms with Crippen LogP contribution in [0.4, 0.5) is 0 Å². The van der Waals surface area contributed by atoms with Crippen molar-refractivity contribution < 1.29 is 9.59 Å². The van der Waals surface area contributed by atoms with Crippen molar-refractivity contribution in [3.63, 3.8) is 0 Å². The van der Waals surface area contributed by atoms with Crippen LogP contribution in [0.2, 0.25) is 0 Å². The van der Waals surface area contributed by atoms with Crippen molar-refractivity contribution in [1.29, 1.82) is 0 Å². The molecule has 5 heteroatoms. The zero-order valence-electron chi connectivity index (χ0n) is 12.8. The van der Waals surface area contributed by atoms with E-state index in [1.165, 1.54) is 12.2 Å². The van der Waals surface area contributed by atoms with Crippen molar-refractivity contribution in [1.82, 2.24) is 10.2 Å². The monoisotopic (exact) mass is 298 g/mol. The molecule has 2 amide bonds. The molecule has 0 spiro atoms. The fourth-order valence-electron chi connectivity index (χ4n) is 3.23. The number of carbonyl (C=O) groups excluding carboxylic acids is 2. The second-order valence-electron chi connectivity index (χ2n) is 6.14. The second-order valence-corrected chi connectivity index (χ2v) is 7.82. The van der Waals surface area contributed by atoms with Gasteiger partial charge < -0.3 is 10.2 Å². The van der Waals surface area contributed by atoms with Crippen LogP contribution in [-0.2, 0) is 9.59 Å². The van der Waals surface area contributed by atoms with Crippen molar-refractivity contribution in [2.24, 2.45) is 0 Å². The van der Waals surface area contributed by atoms with Crippen molar-refractivity contribution >= 4 is 23.6 Å². The van der Waals surface area contributed by atoms with Gasteiger partial charge in [0, 0.05) is 11.3 Å². The first kappa shape index (κ1) is 15.7. The molecular weight excluding hydrogens is 272 g/mol. The van der Waals surface area contributed by atoms with E-state index in [1.807, 2.05) is 30.5 Å². The van der Waals surface area contributed by atoms with Gasteiger partial charge in [-0.3, -0.25) is 9.59 Å². The number of rotatable bonds is 5. The SMILES string of the molecule is CCCC1NC(=O)C(CC)N(CC2(C)CCCS2)C1=O. The summed E-state index contributed by atoms with van der Waals surface area (Å²) >= 11 is 1.94. The quantitative estimate of drug-likeness (QED) is 0.846. The Hall–Kier alpha value is -0.710. The first-order valence-electron chi connectivity index (χ1n) is 7.75. The lowest BCUT2D eigenvalue weighted by Gasteiger charge is -2.42. The third-order valence-electron chi connectivity index (χ3n) is 4.35. The van der Waals surface area contributed by atoms with Gasteiger partial charge in [-0.15, -0.1) is 0 Å². The summed E-state index contributed by atoms with van der Waals surface area (Å²) in [5.41, 5.74) is 0. The van der Waals surface area contributed by atoms with E-state index >= 15 is 0 Å². The first-order chi connectivity index (χ1) is 9.50. The number of amides is 2. The summed E-state index contributed by atoms with van der Waals surface area (Å²) in [4.78, 5) is 26.8. The van der Waals surface area contributed by atoms with Gasteiger partial charge in [-0.1, -0.05) is 20.3 Å². The minimum absolute atomic E-state index is 0.0251. The van der Waals surface area contributed by atoms with E-state index in [0.717, 1.165) is 19.3 Å². The molecule has 2 rings (SSSR count). The number of thioether (sulfide) groups is 1. The minimum atomic E-state index is -0.315. The average Bonchev–Trinajstić information content (AvgIpc) is 2.83. The third-order valence-corrected chi connectivity index (χ3v) is 5.87. The van der Waals surface area contributed by atoms with Crippen LogP contribution in [0.1, 0.15) is 52.9 Å². The average molecular weight is 298 g/mol. The van der Waals surface area contributed by atoms with Crippen molar-refractivity contribution in [3.8, 4) is 0 Å². The molecule has 0 bridgehead atoms. The highest BCUT2D eigenvalue weighted by Crippen LogP contribution is 2.39. The van der Waals surface area contributed by atoms with E-state index in [4.69, 9.17) is 0 Å². The lowest BCUT2D eigenvalue weighted by Crippen LogP contribution is -2.64. The molecule has 0 radical (unpaired) electrons. The van der Waals surface area contributed by atoms with Gasteiger partial charge in [0.1, 0.15) is 12.1 Å². The number of carbonyl (C=O) groups is 2. The Morgan fingerprint density at radius 2 is 2.15 bits per heavy atom. The van der Waals surface area contributed by atoms with E-state index in [0.29, 0.717) is 13.0 Å². The molecular formula is C15H26N2O2S. The van der Waals surface area contributed by atoms with Gasteiger partial charge in [0.15, 0.2) is 0 Å². The zero-order chi connectivity index (χ0) is 14.8. The molecule has 0 saturated carbocycles. The fraction of sp³-hybridized carbons (Fsp3) is 0.867. The molecule has 114 valence electrons. The molecule has 2 saturated heterocycles. The Morgan fingerprint density at radius 1 is 1.40 bits per heavy atom. The lowest BCUT2D eigenvalue weighted by molar-refractivity contribution is -0.150. The number of nitrogens with zero attached hydrogens (tertiary/aromatic N) is 1. The van der Waals surface area contributed by atoms with Gasteiger partial charge in [-0.2, -0.15) is 11.8 Å². The predicted octanol–water partition coefficient (Wildman–Crippen LogP) is 2.18. The summed E-state index contributed by atoms with van der Waals surface area (Å²) in [5, 5.41) is 2.90. The predicted molar refractivity (Wildman–Crippen MR) is 82.7 cm³/mol. The molecule has 2 aliphatic heterocycles. The highest BCUT2D eigenvalue weighted by molar-refractivity contribution is 8.00. The zero-order valence-corrected chi connectivity index (χ0v) is 13.6. The molecule has 1 N–H and O–H groups in total. The maximum absolute atomic E-state index is 12.7. The fourth-order valence-corrected chi connectivity index (χ4v) is 4.53. The maximum atomic E-state index is 12.7. The summed E-state index contributed by atoms with van der Waals surface area (Å²) < 4.78 is 0.122. The second kappa shape index (κ2) is 6.37. The lowest BCUT2D eigenvalue weighted by atomic mass is 9.98. The van der Waals surface area contributed by atoms with Gasteiger partial charge in [-0.05, 0) is 38.4 Å². The smallest absolute Gasteiger partial charge is 0.245 e. The number of hydrogen-bond donors (Lipinski definition) is 1. The molecule has 0 aromatic rings. The molecule has 4 nitrogen and oxygen atoms in total. The summed E-state index contributed by atoms with van der Waals surface area (Å²) in [6, 6.07) is -0.598. The van der Waals surface area contributed by atoms with Crippen LogP contribution in [0.15, 0.2) is 0 Å². The maximum Gasteiger partial charge on any atom is 0.245 e. The van der Waals surface area contributed by atoms with Crippen LogP contribution in [0.3, 0.4) is 0 Å². The molecule has 3 unspecified atom stereocenters. The number of piperazine rings is 1. The Kier molecular flexibility index (Phi) is 4.99. The molecule has 0 aliphatic carbocycles. The minimum Gasteiger partial charge on any atom is -0.343 e. The van der Waals surface area contributed by atoms with Gasteiger partial charge in [-0.25, -0.2) is 0 Å². The van der Waals surface area contributed by atoms with Crippen LogP contribution < -0.4 is 5.32 Å². The Morgan fingerprint density at radius 3 is 2.70 bits per heavy atom. The van der Waals surface area contributed by atoms with E-state index in [2.05, 4.69) is 12.2 Å². The van der Waals surface area contributed by atoms with Gasteiger partial charge in [0.2, 0.25) is 11.8 Å². The molecule has 3 atom stereocenters. The van der Waals surface area contributed by atoms with Crippen LogP contribution in [0.25, 0.3) is 0 Å². The highest BCUT2D eigenvalue weighted by Gasteiger charge is 2.43. The molecule has 2 aliphatic rings. The van der Waals surface area contributed by atoms with Crippen molar-refractivity contribution in [3.05, 3.63) is 0 Å². The Balaban J connectivity index is 2.15. The Labute approximate surface area is 126 Å². The molecule has 20 heavy (non-hydrogen) atoms. The standard InChI is InChI=1S/C15H26N2O2S/c1-4-7-11-14(19)17(12(5-2)13(18)16-11)10-15(3)8-6-9-20-15/h11-12H,4-10H2,1-3H3,(H,16,18). The van der Waals surface area contributed by atoms with Crippen molar-refractivity contribution in [2.45, 2.75) is 69.7 Å². The summed E-state index contributed by atoms with van der Waals surface area (Å²) in [7, 11) is 0. The van der Waals surface area contributed by atoms with Crippen molar-refractivity contribution in [2.75, 3.05) is 12.3 Å². The summed E-state index contributed by atoms with van der Waals surface area (Å²) in [5.74, 6) is 1.31. The molecule has 2 fully saturated rings. The Bertz CT molecular complexity index is 380. The normalized spacial score (nSPS) is 34.5. The van der Waals surface area contributed by atoms with Gasteiger partial charge in [0.25, 0.3) is 0 Å². The molecule has 2 heterocycles. The van der Waals surface area contributed by atoms with E-state index in [9.17, 15) is 9.59 Å². The number of hydrogen-bond acceptors (Lipinski definition) is 3. The van der Waals surface area contributed by atoms with E-state index in [1.54, 1.807) is 0 Å². The summed E-state index contributed by atoms with van der Waals surface area (Å²) in [6.07, 6.45) is 4.69. The van der Waals surface area contributed by atoms with Crippen LogP contribution in [0.5, 0.6) is 0 Å². The van der Waals surface area contributed by atoms with Gasteiger partial charge >= 0.3 is 0 Å².